The van der Waals surface area contributed by atoms with Crippen molar-refractivity contribution in [2.45, 2.75) is 39.5 Å². The van der Waals surface area contributed by atoms with Crippen molar-refractivity contribution in [3.63, 3.8) is 0 Å². The zero-order valence-corrected chi connectivity index (χ0v) is 11.5. The lowest BCUT2D eigenvalue weighted by molar-refractivity contribution is -0.0837. The summed E-state index contributed by atoms with van der Waals surface area (Å²) >= 11 is 0. The quantitative estimate of drug-likeness (QED) is 0.672. The molecule has 18 heavy (non-hydrogen) atoms. The Balaban J connectivity index is 2.39. The van der Waals surface area contributed by atoms with Crippen molar-refractivity contribution in [1.82, 2.24) is 0 Å². The number of rotatable bonds is 3. The van der Waals surface area contributed by atoms with Gasteiger partial charge in [-0.25, -0.2) is 0 Å². The Hall–Kier alpha value is -0.380. The highest BCUT2D eigenvalue weighted by atomic mass is 16.3. The molecule has 0 bridgehead atoms. The number of hydrogen-bond donors (Lipinski definition) is 3. The van der Waals surface area contributed by atoms with Crippen molar-refractivity contribution in [3.05, 3.63) is 11.6 Å². The monoisotopic (exact) mass is 254 g/mol. The molecule has 0 amide bonds. The Morgan fingerprint density at radius 3 is 2.50 bits per heavy atom. The molecule has 104 valence electrons. The summed E-state index contributed by atoms with van der Waals surface area (Å²) < 4.78 is 0. The summed E-state index contributed by atoms with van der Waals surface area (Å²) in [5.74, 6) is 0.448. The molecule has 0 radical (unpaired) electrons. The highest BCUT2D eigenvalue weighted by Gasteiger charge is 2.53. The van der Waals surface area contributed by atoms with Gasteiger partial charge in [0.2, 0.25) is 0 Å². The zero-order valence-electron chi connectivity index (χ0n) is 11.5. The van der Waals surface area contributed by atoms with E-state index in [0.29, 0.717) is 5.92 Å². The minimum Gasteiger partial charge on any atom is -0.396 e. The van der Waals surface area contributed by atoms with Crippen molar-refractivity contribution in [1.29, 1.82) is 0 Å². The van der Waals surface area contributed by atoms with Gasteiger partial charge < -0.3 is 15.3 Å². The second-order valence-corrected chi connectivity index (χ2v) is 6.63. The Morgan fingerprint density at radius 1 is 1.22 bits per heavy atom. The van der Waals surface area contributed by atoms with E-state index in [4.69, 9.17) is 0 Å². The van der Waals surface area contributed by atoms with E-state index in [0.717, 1.165) is 31.3 Å². The Labute approximate surface area is 110 Å². The summed E-state index contributed by atoms with van der Waals surface area (Å²) in [6, 6.07) is 0. The lowest BCUT2D eigenvalue weighted by Gasteiger charge is -2.57. The average molecular weight is 254 g/mol. The molecule has 2 aliphatic carbocycles. The highest BCUT2D eigenvalue weighted by molar-refractivity contribution is 5.20. The van der Waals surface area contributed by atoms with E-state index in [1.165, 1.54) is 0 Å². The normalized spacial score (nSPS) is 44.4. The van der Waals surface area contributed by atoms with Gasteiger partial charge >= 0.3 is 0 Å². The molecule has 1 saturated carbocycles. The van der Waals surface area contributed by atoms with Crippen LogP contribution in [-0.4, -0.2) is 35.1 Å². The SMILES string of the molecule is CC1(CO)CCCC2(C)C(CO)C(CO)=CCC12. The van der Waals surface area contributed by atoms with Gasteiger partial charge in [0.15, 0.2) is 0 Å². The van der Waals surface area contributed by atoms with Gasteiger partial charge in [-0.15, -0.1) is 0 Å². The van der Waals surface area contributed by atoms with E-state index in [1.807, 2.05) is 0 Å². The van der Waals surface area contributed by atoms with Gasteiger partial charge in [0, 0.05) is 12.5 Å². The summed E-state index contributed by atoms with van der Waals surface area (Å²) in [7, 11) is 0. The minimum atomic E-state index is -0.0437. The summed E-state index contributed by atoms with van der Waals surface area (Å²) in [6.45, 7) is 4.76. The molecule has 1 fully saturated rings. The summed E-state index contributed by atoms with van der Waals surface area (Å²) in [6.07, 6.45) is 6.24. The fourth-order valence-corrected chi connectivity index (χ4v) is 4.51. The van der Waals surface area contributed by atoms with Crippen LogP contribution in [0.1, 0.15) is 39.5 Å². The molecule has 3 N–H and O–H groups in total. The van der Waals surface area contributed by atoms with E-state index < -0.39 is 0 Å². The van der Waals surface area contributed by atoms with Gasteiger partial charge in [-0.2, -0.15) is 0 Å². The Morgan fingerprint density at radius 2 is 1.94 bits per heavy atom. The van der Waals surface area contributed by atoms with Crippen LogP contribution in [0.25, 0.3) is 0 Å². The largest absolute Gasteiger partial charge is 0.396 e. The third-order valence-corrected chi connectivity index (χ3v) is 5.69. The van der Waals surface area contributed by atoms with Gasteiger partial charge in [0.05, 0.1) is 13.2 Å². The first-order valence-corrected chi connectivity index (χ1v) is 7.03. The number of aliphatic hydroxyl groups is 3. The van der Waals surface area contributed by atoms with Crippen LogP contribution in [0.15, 0.2) is 11.6 Å². The van der Waals surface area contributed by atoms with Crippen molar-refractivity contribution < 1.29 is 15.3 Å². The fraction of sp³-hybridized carbons (Fsp3) is 0.867. The molecule has 0 aromatic carbocycles. The number of hydrogen-bond acceptors (Lipinski definition) is 3. The summed E-state index contributed by atoms with van der Waals surface area (Å²) in [4.78, 5) is 0. The molecule has 0 heterocycles. The maximum absolute atomic E-state index is 9.75. The molecule has 3 nitrogen and oxygen atoms in total. The Bertz CT molecular complexity index is 339. The van der Waals surface area contributed by atoms with E-state index in [2.05, 4.69) is 19.9 Å². The second kappa shape index (κ2) is 4.95. The molecule has 0 spiro atoms. The maximum Gasteiger partial charge on any atom is 0.0645 e. The molecule has 2 rings (SSSR count). The van der Waals surface area contributed by atoms with Gasteiger partial charge in [-0.3, -0.25) is 0 Å². The van der Waals surface area contributed by atoms with Crippen LogP contribution >= 0.6 is 0 Å². The molecule has 2 aliphatic rings. The predicted molar refractivity (Wildman–Crippen MR) is 71.0 cm³/mol. The van der Waals surface area contributed by atoms with Gasteiger partial charge in [0.25, 0.3) is 0 Å². The third kappa shape index (κ3) is 1.93. The molecule has 0 aliphatic heterocycles. The second-order valence-electron chi connectivity index (χ2n) is 6.63. The summed E-state index contributed by atoms with van der Waals surface area (Å²) in [5.41, 5.74) is 0.952. The number of fused-ring (bicyclic) bond motifs is 1. The fourth-order valence-electron chi connectivity index (χ4n) is 4.51. The zero-order chi connectivity index (χ0) is 13.4. The highest BCUT2D eigenvalue weighted by Crippen LogP contribution is 2.59. The number of allylic oxidation sites excluding steroid dienone is 1. The minimum absolute atomic E-state index is 0.0112. The maximum atomic E-state index is 9.75. The van der Waals surface area contributed by atoms with E-state index in [1.54, 1.807) is 0 Å². The van der Waals surface area contributed by atoms with Crippen LogP contribution < -0.4 is 0 Å². The van der Waals surface area contributed by atoms with Crippen molar-refractivity contribution in [2.24, 2.45) is 22.7 Å². The first-order valence-electron chi connectivity index (χ1n) is 7.03. The molecule has 0 aromatic rings. The standard InChI is InChI=1S/C15H26O3/c1-14(10-18)6-3-7-15(2)12(9-17)11(8-16)4-5-13(14)15/h4,12-13,16-18H,3,5-10H2,1-2H3. The smallest absolute Gasteiger partial charge is 0.0645 e. The van der Waals surface area contributed by atoms with Gasteiger partial charge in [0.1, 0.15) is 0 Å². The molecule has 0 saturated heterocycles. The lowest BCUT2D eigenvalue weighted by Crippen LogP contribution is -2.52. The first-order chi connectivity index (χ1) is 8.51. The summed E-state index contributed by atoms with van der Waals surface area (Å²) in [5, 5.41) is 28.9. The van der Waals surface area contributed by atoms with Crippen LogP contribution in [0.5, 0.6) is 0 Å². The van der Waals surface area contributed by atoms with Crippen LogP contribution in [0.4, 0.5) is 0 Å². The Kier molecular flexibility index (Phi) is 3.86. The number of aliphatic hydroxyl groups excluding tert-OH is 3. The first kappa shape index (κ1) is 14.0. The van der Waals surface area contributed by atoms with Crippen LogP contribution in [-0.2, 0) is 0 Å². The predicted octanol–water partition coefficient (Wildman–Crippen LogP) is 1.72. The van der Waals surface area contributed by atoms with Crippen LogP contribution in [0, 0.1) is 22.7 Å². The third-order valence-electron chi connectivity index (χ3n) is 5.69. The topological polar surface area (TPSA) is 60.7 Å². The van der Waals surface area contributed by atoms with Gasteiger partial charge in [-0.05, 0) is 41.6 Å². The van der Waals surface area contributed by atoms with Crippen molar-refractivity contribution >= 4 is 0 Å². The van der Waals surface area contributed by atoms with Crippen LogP contribution in [0.2, 0.25) is 0 Å². The van der Waals surface area contributed by atoms with E-state index in [-0.39, 0.29) is 36.6 Å². The lowest BCUT2D eigenvalue weighted by atomic mass is 9.48. The average Bonchev–Trinajstić information content (AvgIpc) is 2.37. The van der Waals surface area contributed by atoms with E-state index >= 15 is 0 Å². The molecule has 3 heteroatoms. The van der Waals surface area contributed by atoms with Crippen molar-refractivity contribution in [2.75, 3.05) is 19.8 Å². The molecular formula is C15H26O3. The van der Waals surface area contributed by atoms with Crippen molar-refractivity contribution in [3.8, 4) is 0 Å². The molecule has 4 atom stereocenters. The van der Waals surface area contributed by atoms with E-state index in [9.17, 15) is 15.3 Å². The molecule has 4 unspecified atom stereocenters. The molecular weight excluding hydrogens is 228 g/mol. The molecule has 0 aromatic heterocycles. The van der Waals surface area contributed by atoms with Crippen LogP contribution in [0.3, 0.4) is 0 Å². The van der Waals surface area contributed by atoms with Gasteiger partial charge in [-0.1, -0.05) is 26.3 Å².